The fraction of sp³-hybridized carbons (Fsp3) is 0.533. The van der Waals surface area contributed by atoms with E-state index in [9.17, 15) is 4.79 Å². The molecule has 1 aliphatic carbocycles. The lowest BCUT2D eigenvalue weighted by Crippen LogP contribution is -2.33. The highest BCUT2D eigenvalue weighted by molar-refractivity contribution is 6.34. The van der Waals surface area contributed by atoms with Crippen LogP contribution in [0, 0.1) is 5.92 Å². The van der Waals surface area contributed by atoms with E-state index in [2.05, 4.69) is 5.32 Å². The quantitative estimate of drug-likeness (QED) is 0.889. The molecule has 0 bridgehead atoms. The van der Waals surface area contributed by atoms with Crippen LogP contribution in [0.3, 0.4) is 0 Å². The maximum atomic E-state index is 11.7. The summed E-state index contributed by atoms with van der Waals surface area (Å²) in [4.78, 5) is 11.7. The molecule has 1 fully saturated rings. The van der Waals surface area contributed by atoms with Gasteiger partial charge in [0.15, 0.2) is 6.61 Å². The molecule has 0 spiro atoms. The van der Waals surface area contributed by atoms with Crippen molar-refractivity contribution in [2.45, 2.75) is 32.1 Å². The van der Waals surface area contributed by atoms with Crippen molar-refractivity contribution in [2.75, 3.05) is 13.2 Å². The van der Waals surface area contributed by atoms with Gasteiger partial charge in [-0.25, -0.2) is 0 Å². The summed E-state index contributed by atoms with van der Waals surface area (Å²) in [6.07, 6.45) is 6.30. The van der Waals surface area contributed by atoms with E-state index in [1.165, 1.54) is 32.1 Å². The molecule has 0 aliphatic heterocycles. The number of carbonyl (C=O) groups excluding carboxylic acids is 1. The molecule has 1 aliphatic rings. The SMILES string of the molecule is O=C(COc1cc(Cl)cc(Cl)c1)NCC1CCCCC1. The van der Waals surface area contributed by atoms with Crippen molar-refractivity contribution in [3.8, 4) is 5.75 Å². The molecule has 1 aromatic carbocycles. The number of nitrogens with one attached hydrogen (secondary N) is 1. The molecule has 2 rings (SSSR count). The zero-order valence-corrected chi connectivity index (χ0v) is 12.8. The Bertz CT molecular complexity index is 439. The van der Waals surface area contributed by atoms with Gasteiger partial charge in [-0.3, -0.25) is 4.79 Å². The standard InChI is InChI=1S/C15H19Cl2NO2/c16-12-6-13(17)8-14(7-12)20-10-15(19)18-9-11-4-2-1-3-5-11/h6-8,11H,1-5,9-10H2,(H,18,19). The predicted molar refractivity (Wildman–Crippen MR) is 81.5 cm³/mol. The second-order valence-electron chi connectivity index (χ2n) is 5.20. The monoisotopic (exact) mass is 315 g/mol. The molecule has 20 heavy (non-hydrogen) atoms. The summed E-state index contributed by atoms with van der Waals surface area (Å²) in [5.74, 6) is 1.02. The Morgan fingerprint density at radius 3 is 2.45 bits per heavy atom. The van der Waals surface area contributed by atoms with Crippen LogP contribution in [-0.4, -0.2) is 19.1 Å². The Morgan fingerprint density at radius 2 is 1.80 bits per heavy atom. The van der Waals surface area contributed by atoms with Crippen LogP contribution in [0.15, 0.2) is 18.2 Å². The van der Waals surface area contributed by atoms with Gasteiger partial charge in [0.25, 0.3) is 5.91 Å². The van der Waals surface area contributed by atoms with Crippen molar-refractivity contribution in [1.29, 1.82) is 0 Å². The van der Waals surface area contributed by atoms with Gasteiger partial charge in [-0.05, 0) is 37.0 Å². The van der Waals surface area contributed by atoms with E-state index in [1.807, 2.05) is 0 Å². The highest BCUT2D eigenvalue weighted by Crippen LogP contribution is 2.24. The molecule has 0 heterocycles. The smallest absolute Gasteiger partial charge is 0.257 e. The molecule has 0 unspecified atom stereocenters. The van der Waals surface area contributed by atoms with Gasteiger partial charge in [0.2, 0.25) is 0 Å². The molecule has 0 saturated heterocycles. The van der Waals surface area contributed by atoms with Crippen LogP contribution in [0.25, 0.3) is 0 Å². The molecular weight excluding hydrogens is 297 g/mol. The number of benzene rings is 1. The van der Waals surface area contributed by atoms with Crippen LogP contribution in [0.2, 0.25) is 10.0 Å². The minimum Gasteiger partial charge on any atom is -0.484 e. The minimum absolute atomic E-state index is 0.0105. The predicted octanol–water partition coefficient (Wildman–Crippen LogP) is 4.07. The zero-order valence-electron chi connectivity index (χ0n) is 11.3. The lowest BCUT2D eigenvalue weighted by Gasteiger charge is -2.21. The third-order valence-corrected chi connectivity index (χ3v) is 3.96. The summed E-state index contributed by atoms with van der Waals surface area (Å²) in [5, 5.41) is 3.91. The number of ether oxygens (including phenoxy) is 1. The van der Waals surface area contributed by atoms with Gasteiger partial charge in [0.1, 0.15) is 5.75 Å². The van der Waals surface area contributed by atoms with Crippen LogP contribution >= 0.6 is 23.2 Å². The molecule has 3 nitrogen and oxygen atoms in total. The third-order valence-electron chi connectivity index (χ3n) is 3.52. The number of carbonyl (C=O) groups is 1. The van der Waals surface area contributed by atoms with Gasteiger partial charge >= 0.3 is 0 Å². The number of amides is 1. The van der Waals surface area contributed by atoms with E-state index in [1.54, 1.807) is 18.2 Å². The molecule has 5 heteroatoms. The van der Waals surface area contributed by atoms with Crippen LogP contribution in [0.5, 0.6) is 5.75 Å². The average Bonchev–Trinajstić information content (AvgIpc) is 2.43. The van der Waals surface area contributed by atoms with Crippen molar-refractivity contribution in [1.82, 2.24) is 5.32 Å². The highest BCUT2D eigenvalue weighted by atomic mass is 35.5. The Morgan fingerprint density at radius 1 is 1.15 bits per heavy atom. The Hall–Kier alpha value is -0.930. The topological polar surface area (TPSA) is 38.3 Å². The third kappa shape index (κ3) is 5.22. The maximum Gasteiger partial charge on any atom is 0.257 e. The first-order valence-corrected chi connectivity index (χ1v) is 7.74. The van der Waals surface area contributed by atoms with E-state index >= 15 is 0 Å². The first-order chi connectivity index (χ1) is 9.63. The minimum atomic E-state index is -0.105. The lowest BCUT2D eigenvalue weighted by atomic mass is 9.89. The van der Waals surface area contributed by atoms with Crippen molar-refractivity contribution < 1.29 is 9.53 Å². The highest BCUT2D eigenvalue weighted by Gasteiger charge is 2.14. The van der Waals surface area contributed by atoms with Crippen molar-refractivity contribution in [3.05, 3.63) is 28.2 Å². The summed E-state index contributed by atoms with van der Waals surface area (Å²) < 4.78 is 5.39. The first kappa shape index (κ1) is 15.5. The second-order valence-corrected chi connectivity index (χ2v) is 6.07. The van der Waals surface area contributed by atoms with Crippen LogP contribution in [-0.2, 0) is 4.79 Å². The molecule has 0 radical (unpaired) electrons. The molecule has 110 valence electrons. The first-order valence-electron chi connectivity index (χ1n) is 6.99. The molecule has 1 aromatic rings. The average molecular weight is 316 g/mol. The van der Waals surface area contributed by atoms with Crippen LogP contribution in [0.1, 0.15) is 32.1 Å². The fourth-order valence-corrected chi connectivity index (χ4v) is 2.97. The van der Waals surface area contributed by atoms with Gasteiger partial charge in [-0.1, -0.05) is 42.5 Å². The second kappa shape index (κ2) is 7.75. The van der Waals surface area contributed by atoms with Gasteiger partial charge in [-0.15, -0.1) is 0 Å². The number of halogens is 2. The largest absolute Gasteiger partial charge is 0.484 e. The summed E-state index contributed by atoms with van der Waals surface area (Å²) in [7, 11) is 0. The van der Waals surface area contributed by atoms with Gasteiger partial charge in [-0.2, -0.15) is 0 Å². The van der Waals surface area contributed by atoms with E-state index in [0.29, 0.717) is 21.7 Å². The van der Waals surface area contributed by atoms with Crippen LogP contribution < -0.4 is 10.1 Å². The normalized spacial score (nSPS) is 15.9. The molecule has 0 atom stereocenters. The van der Waals surface area contributed by atoms with Crippen molar-refractivity contribution in [2.24, 2.45) is 5.92 Å². The van der Waals surface area contributed by atoms with Crippen LogP contribution in [0.4, 0.5) is 0 Å². The van der Waals surface area contributed by atoms with E-state index in [-0.39, 0.29) is 12.5 Å². The maximum absolute atomic E-state index is 11.7. The zero-order chi connectivity index (χ0) is 14.4. The number of hydrogen-bond donors (Lipinski definition) is 1. The lowest BCUT2D eigenvalue weighted by molar-refractivity contribution is -0.123. The molecule has 1 amide bonds. The molecular formula is C15H19Cl2NO2. The van der Waals surface area contributed by atoms with E-state index < -0.39 is 0 Å². The Kier molecular flexibility index (Phi) is 5.99. The molecule has 1 N–H and O–H groups in total. The van der Waals surface area contributed by atoms with Gasteiger partial charge < -0.3 is 10.1 Å². The van der Waals surface area contributed by atoms with E-state index in [0.717, 1.165) is 6.54 Å². The summed E-state index contributed by atoms with van der Waals surface area (Å²) in [5.41, 5.74) is 0. The summed E-state index contributed by atoms with van der Waals surface area (Å²) in [6.45, 7) is 0.738. The van der Waals surface area contributed by atoms with E-state index in [4.69, 9.17) is 27.9 Å². The fourth-order valence-electron chi connectivity index (χ4n) is 2.46. The Labute approximate surface area is 129 Å². The van der Waals surface area contributed by atoms with Gasteiger partial charge in [0, 0.05) is 16.6 Å². The van der Waals surface area contributed by atoms with Crippen molar-refractivity contribution in [3.63, 3.8) is 0 Å². The number of rotatable bonds is 5. The van der Waals surface area contributed by atoms with Crippen molar-refractivity contribution >= 4 is 29.1 Å². The Balaban J connectivity index is 1.71. The summed E-state index contributed by atoms with van der Waals surface area (Å²) in [6, 6.07) is 4.91. The van der Waals surface area contributed by atoms with Gasteiger partial charge in [0.05, 0.1) is 0 Å². The summed E-state index contributed by atoms with van der Waals surface area (Å²) >= 11 is 11.7. The molecule has 1 saturated carbocycles. The molecule has 0 aromatic heterocycles. The number of hydrogen-bond acceptors (Lipinski definition) is 2.